The van der Waals surface area contributed by atoms with Crippen molar-refractivity contribution in [2.45, 2.75) is 96.2 Å². The fraction of sp³-hybridized carbons (Fsp3) is 0.741. The van der Waals surface area contributed by atoms with Crippen LogP contribution in [0, 0.1) is 5.92 Å². The van der Waals surface area contributed by atoms with Crippen LogP contribution in [0.4, 0.5) is 0 Å². The van der Waals surface area contributed by atoms with Crippen molar-refractivity contribution in [3.8, 4) is 0 Å². The first-order valence-corrected chi connectivity index (χ1v) is 12.8. The molecule has 1 heterocycles. The fourth-order valence-corrected chi connectivity index (χ4v) is 5.62. The normalized spacial score (nSPS) is 26.1. The molecule has 31 heavy (non-hydrogen) atoms. The monoisotopic (exact) mass is 430 g/mol. The smallest absolute Gasteiger partial charge is 0.343 e. The number of ether oxygens (including phenoxy) is 1. The zero-order valence-corrected chi connectivity index (χ0v) is 20.1. The Morgan fingerprint density at radius 1 is 1.13 bits per heavy atom. The van der Waals surface area contributed by atoms with E-state index in [1.54, 1.807) is 0 Å². The molecule has 4 nitrogen and oxygen atoms in total. The first-order valence-electron chi connectivity index (χ1n) is 12.8. The molecule has 0 bridgehead atoms. The van der Waals surface area contributed by atoms with Crippen molar-refractivity contribution in [1.82, 2.24) is 0 Å². The van der Waals surface area contributed by atoms with E-state index in [4.69, 9.17) is 4.74 Å². The molecule has 0 aromatic heterocycles. The van der Waals surface area contributed by atoms with Crippen molar-refractivity contribution in [2.75, 3.05) is 26.7 Å². The summed E-state index contributed by atoms with van der Waals surface area (Å²) < 4.78 is 7.04. The summed E-state index contributed by atoms with van der Waals surface area (Å²) in [4.78, 5) is 13.5. The Hall–Kier alpha value is -1.39. The quantitative estimate of drug-likeness (QED) is 0.292. The predicted molar refractivity (Wildman–Crippen MR) is 126 cm³/mol. The summed E-state index contributed by atoms with van der Waals surface area (Å²) in [5.74, 6) is -0.465. The van der Waals surface area contributed by atoms with E-state index in [0.717, 1.165) is 81.0 Å². The number of aliphatic hydroxyl groups is 1. The summed E-state index contributed by atoms with van der Waals surface area (Å²) in [5, 5.41) is 11.9. The zero-order valence-electron chi connectivity index (χ0n) is 20.1. The Bertz CT molecular complexity index is 714. The van der Waals surface area contributed by atoms with Crippen LogP contribution in [0.2, 0.25) is 0 Å². The van der Waals surface area contributed by atoms with E-state index in [0.29, 0.717) is 0 Å². The molecule has 2 fully saturated rings. The van der Waals surface area contributed by atoms with Gasteiger partial charge in [-0.3, -0.25) is 0 Å². The summed E-state index contributed by atoms with van der Waals surface area (Å²) in [6.07, 6.45) is 11.7. The molecular formula is C27H44NO3+. The molecule has 1 aromatic rings. The third kappa shape index (κ3) is 5.90. The minimum Gasteiger partial charge on any atom is -0.454 e. The molecule has 3 atom stereocenters. The lowest BCUT2D eigenvalue weighted by Gasteiger charge is -2.34. The van der Waals surface area contributed by atoms with Crippen LogP contribution in [0.5, 0.6) is 0 Å². The maximum absolute atomic E-state index is 13.5. The van der Waals surface area contributed by atoms with E-state index in [1.807, 2.05) is 12.1 Å². The van der Waals surface area contributed by atoms with Gasteiger partial charge in [-0.2, -0.15) is 0 Å². The molecule has 0 spiro atoms. The number of aryl methyl sites for hydroxylation is 1. The molecule has 3 unspecified atom stereocenters. The maximum atomic E-state index is 13.5. The Balaban J connectivity index is 1.74. The van der Waals surface area contributed by atoms with E-state index in [-0.39, 0.29) is 12.0 Å². The molecule has 4 heteroatoms. The van der Waals surface area contributed by atoms with Crippen LogP contribution in [0.25, 0.3) is 0 Å². The molecule has 3 rings (SSSR count). The fourth-order valence-electron chi connectivity index (χ4n) is 5.62. The molecule has 0 radical (unpaired) electrons. The van der Waals surface area contributed by atoms with Crippen molar-refractivity contribution >= 4 is 5.97 Å². The predicted octanol–water partition coefficient (Wildman–Crippen LogP) is 5.36. The van der Waals surface area contributed by atoms with Gasteiger partial charge in [-0.15, -0.1) is 0 Å². The van der Waals surface area contributed by atoms with E-state index in [1.165, 1.54) is 24.8 Å². The number of esters is 1. The Morgan fingerprint density at radius 3 is 2.58 bits per heavy atom. The largest absolute Gasteiger partial charge is 0.454 e. The van der Waals surface area contributed by atoms with Crippen molar-refractivity contribution in [3.63, 3.8) is 0 Å². The standard InChI is InChI=1S/C27H44NO3/c1-4-6-10-18-28(3)19-17-25(21-28)31-26(29)27(30,23-14-8-9-15-23)24-16-11-13-22(20-24)12-7-5-2/h11,13,16,20,23,25,30H,4-10,12,14-15,17-19,21H2,1-3H3/q+1. The lowest BCUT2D eigenvalue weighted by Crippen LogP contribution is -2.47. The number of quaternary nitrogens is 1. The van der Waals surface area contributed by atoms with Crippen molar-refractivity contribution in [1.29, 1.82) is 0 Å². The molecule has 1 aliphatic carbocycles. The van der Waals surface area contributed by atoms with Gasteiger partial charge in [0.05, 0.1) is 20.1 Å². The van der Waals surface area contributed by atoms with Crippen molar-refractivity contribution in [3.05, 3.63) is 35.4 Å². The molecule has 174 valence electrons. The number of nitrogens with zero attached hydrogens (tertiary/aromatic N) is 1. The van der Waals surface area contributed by atoms with Crippen LogP contribution in [-0.2, 0) is 21.6 Å². The number of unbranched alkanes of at least 4 members (excludes halogenated alkanes) is 3. The van der Waals surface area contributed by atoms with Gasteiger partial charge >= 0.3 is 5.97 Å². The average molecular weight is 431 g/mol. The first kappa shape index (κ1) is 24.3. The molecule has 1 saturated heterocycles. The SMILES string of the molecule is CCCCC[N+]1(C)CCC(OC(=O)C(O)(c2cccc(CCCC)c2)C2CCCC2)C1. The highest BCUT2D eigenvalue weighted by molar-refractivity contribution is 5.82. The van der Waals surface area contributed by atoms with Crippen molar-refractivity contribution < 1.29 is 19.1 Å². The van der Waals surface area contributed by atoms with E-state index in [2.05, 4.69) is 33.0 Å². The third-order valence-electron chi connectivity index (χ3n) is 7.65. The second kappa shape index (κ2) is 11.0. The highest BCUT2D eigenvalue weighted by atomic mass is 16.6. The van der Waals surface area contributed by atoms with Gasteiger partial charge in [0.15, 0.2) is 11.7 Å². The van der Waals surface area contributed by atoms with Gasteiger partial charge in [-0.1, -0.05) is 63.8 Å². The van der Waals surface area contributed by atoms with E-state index < -0.39 is 11.6 Å². The maximum Gasteiger partial charge on any atom is 0.343 e. The second-order valence-electron chi connectivity index (χ2n) is 10.3. The van der Waals surface area contributed by atoms with Crippen LogP contribution in [0.15, 0.2) is 24.3 Å². The van der Waals surface area contributed by atoms with Crippen LogP contribution < -0.4 is 0 Å². The molecule has 1 aromatic carbocycles. The van der Waals surface area contributed by atoms with E-state index in [9.17, 15) is 9.90 Å². The topological polar surface area (TPSA) is 46.5 Å². The minimum absolute atomic E-state index is 0.0479. The number of carbonyl (C=O) groups excluding carboxylic acids is 1. The molecule has 1 saturated carbocycles. The molecular weight excluding hydrogens is 386 g/mol. The first-order chi connectivity index (χ1) is 14.9. The molecule has 0 amide bonds. The summed E-state index contributed by atoms with van der Waals surface area (Å²) >= 11 is 0. The summed E-state index contributed by atoms with van der Waals surface area (Å²) in [6.45, 7) is 7.49. The Kier molecular flexibility index (Phi) is 8.58. The van der Waals surface area contributed by atoms with Gasteiger partial charge in [0.2, 0.25) is 0 Å². The van der Waals surface area contributed by atoms with Gasteiger partial charge in [-0.05, 0) is 49.7 Å². The second-order valence-corrected chi connectivity index (χ2v) is 10.3. The lowest BCUT2D eigenvalue weighted by molar-refractivity contribution is -0.899. The number of hydrogen-bond acceptors (Lipinski definition) is 3. The summed E-state index contributed by atoms with van der Waals surface area (Å²) in [5.41, 5.74) is 0.410. The number of rotatable bonds is 11. The number of carbonyl (C=O) groups is 1. The Morgan fingerprint density at radius 2 is 1.87 bits per heavy atom. The van der Waals surface area contributed by atoms with Crippen LogP contribution in [-0.4, -0.2) is 48.3 Å². The number of likely N-dealkylation sites (tertiary alicyclic amines) is 1. The van der Waals surface area contributed by atoms with E-state index >= 15 is 0 Å². The molecule has 1 N–H and O–H groups in total. The average Bonchev–Trinajstić information content (AvgIpc) is 3.43. The Labute approximate surface area is 189 Å². The van der Waals surface area contributed by atoms with Gasteiger partial charge in [0, 0.05) is 12.3 Å². The van der Waals surface area contributed by atoms with Crippen LogP contribution in [0.1, 0.15) is 89.2 Å². The zero-order chi connectivity index (χ0) is 22.3. The van der Waals surface area contributed by atoms with Gasteiger partial charge < -0.3 is 14.3 Å². The highest BCUT2D eigenvalue weighted by Gasteiger charge is 2.49. The van der Waals surface area contributed by atoms with Gasteiger partial charge in [0.25, 0.3) is 0 Å². The van der Waals surface area contributed by atoms with Crippen molar-refractivity contribution in [2.24, 2.45) is 5.92 Å². The molecule has 2 aliphatic rings. The van der Waals surface area contributed by atoms with Crippen LogP contribution in [0.3, 0.4) is 0 Å². The summed E-state index contributed by atoms with van der Waals surface area (Å²) in [6, 6.07) is 8.07. The third-order valence-corrected chi connectivity index (χ3v) is 7.65. The molecule has 1 aliphatic heterocycles. The lowest BCUT2D eigenvalue weighted by atomic mass is 9.79. The number of likely N-dealkylation sites (N-methyl/N-ethyl adjacent to an activating group) is 1. The number of benzene rings is 1. The minimum atomic E-state index is -1.52. The number of hydrogen-bond donors (Lipinski definition) is 1. The summed E-state index contributed by atoms with van der Waals surface area (Å²) in [7, 11) is 2.28. The van der Waals surface area contributed by atoms with Gasteiger partial charge in [-0.25, -0.2) is 4.79 Å². The van der Waals surface area contributed by atoms with Crippen LogP contribution >= 0.6 is 0 Å². The highest BCUT2D eigenvalue weighted by Crippen LogP contribution is 2.42. The van der Waals surface area contributed by atoms with Gasteiger partial charge in [0.1, 0.15) is 6.54 Å².